The van der Waals surface area contributed by atoms with Crippen molar-refractivity contribution in [3.05, 3.63) is 29.5 Å². The van der Waals surface area contributed by atoms with Crippen molar-refractivity contribution in [1.82, 2.24) is 0 Å². The molecule has 0 amide bonds. The van der Waals surface area contributed by atoms with Gasteiger partial charge >= 0.3 is 0 Å². The molecule has 0 aromatic carbocycles. The lowest BCUT2D eigenvalue weighted by molar-refractivity contribution is -0.0453. The number of aliphatic hydroxyl groups excluding tert-OH is 1. The van der Waals surface area contributed by atoms with Crippen molar-refractivity contribution < 1.29 is 5.11 Å². The molecule has 7 atom stereocenters. The summed E-state index contributed by atoms with van der Waals surface area (Å²) in [6.45, 7) is 11.3. The zero-order chi connectivity index (χ0) is 17.1. The molecule has 4 rings (SSSR count). The summed E-state index contributed by atoms with van der Waals surface area (Å²) >= 11 is 0. The molecule has 7 unspecified atom stereocenters. The first-order valence-electron chi connectivity index (χ1n) is 10.1. The lowest BCUT2D eigenvalue weighted by Gasteiger charge is -2.58. The maximum atomic E-state index is 10.1. The van der Waals surface area contributed by atoms with Crippen molar-refractivity contribution in [1.29, 1.82) is 0 Å². The molecule has 24 heavy (non-hydrogen) atoms. The van der Waals surface area contributed by atoms with Crippen LogP contribution in [0.25, 0.3) is 0 Å². The van der Waals surface area contributed by atoms with Gasteiger partial charge in [0, 0.05) is 0 Å². The molecule has 3 fully saturated rings. The molecule has 1 nitrogen and oxygen atoms in total. The first kappa shape index (κ1) is 16.7. The third-order valence-electron chi connectivity index (χ3n) is 8.88. The smallest absolute Gasteiger partial charge is 0.0577 e. The van der Waals surface area contributed by atoms with Gasteiger partial charge in [-0.05, 0) is 98.4 Å². The average molecular weight is 327 g/mol. The Labute approximate surface area is 147 Å². The van der Waals surface area contributed by atoms with E-state index in [0.717, 1.165) is 30.6 Å². The van der Waals surface area contributed by atoms with Gasteiger partial charge in [0.25, 0.3) is 0 Å². The molecule has 0 saturated heterocycles. The number of hydrogen-bond acceptors (Lipinski definition) is 1. The number of hydrogen-bond donors (Lipinski definition) is 1. The summed E-state index contributed by atoms with van der Waals surface area (Å²) in [7, 11) is 0. The van der Waals surface area contributed by atoms with E-state index in [0.29, 0.717) is 16.7 Å². The lowest BCUT2D eigenvalue weighted by atomic mass is 9.47. The highest BCUT2D eigenvalue weighted by atomic mass is 16.3. The Balaban J connectivity index is 1.66. The molecule has 0 radical (unpaired) electrons. The molecule has 1 heteroatoms. The maximum absolute atomic E-state index is 10.1. The summed E-state index contributed by atoms with van der Waals surface area (Å²) < 4.78 is 0. The Hall–Kier alpha value is -0.780. The molecule has 3 saturated carbocycles. The Morgan fingerprint density at radius 2 is 1.96 bits per heavy atom. The molecule has 0 spiro atoms. The largest absolute Gasteiger partial charge is 0.393 e. The third kappa shape index (κ3) is 2.17. The van der Waals surface area contributed by atoms with Crippen molar-refractivity contribution in [2.75, 3.05) is 0 Å². The molecule has 0 aromatic heterocycles. The van der Waals surface area contributed by atoms with Crippen molar-refractivity contribution in [3.63, 3.8) is 0 Å². The fourth-order valence-electron chi connectivity index (χ4n) is 7.48. The summed E-state index contributed by atoms with van der Waals surface area (Å²) in [6.07, 6.45) is 12.3. The quantitative estimate of drug-likeness (QED) is 0.487. The first-order chi connectivity index (χ1) is 11.4. The van der Waals surface area contributed by atoms with E-state index in [1.807, 2.05) is 0 Å². The van der Waals surface area contributed by atoms with Crippen LogP contribution >= 0.6 is 0 Å². The minimum atomic E-state index is -0.0917. The summed E-state index contributed by atoms with van der Waals surface area (Å²) in [6, 6.07) is 0. The predicted octanol–water partition coefficient (Wildman–Crippen LogP) is 5.66. The van der Waals surface area contributed by atoms with Crippen molar-refractivity contribution >= 4 is 0 Å². The second-order valence-electron chi connectivity index (χ2n) is 9.69. The summed E-state index contributed by atoms with van der Waals surface area (Å²) in [5.41, 5.74) is 7.04. The van der Waals surface area contributed by atoms with Gasteiger partial charge in [-0.15, -0.1) is 5.73 Å². The molecule has 0 heterocycles. The summed E-state index contributed by atoms with van der Waals surface area (Å²) in [5, 5.41) is 10.1. The highest BCUT2D eigenvalue weighted by Crippen LogP contribution is 2.66. The van der Waals surface area contributed by atoms with Crippen LogP contribution in [0, 0.1) is 34.5 Å². The highest BCUT2D eigenvalue weighted by molar-refractivity contribution is 5.26. The number of rotatable bonds is 1. The Bertz CT molecular complexity index is 610. The van der Waals surface area contributed by atoms with E-state index in [2.05, 4.69) is 39.2 Å². The molecule has 0 aromatic rings. The van der Waals surface area contributed by atoms with Gasteiger partial charge < -0.3 is 5.11 Å². The van der Waals surface area contributed by atoms with Gasteiger partial charge in [0.15, 0.2) is 0 Å². The zero-order valence-corrected chi connectivity index (χ0v) is 15.8. The second kappa shape index (κ2) is 5.61. The molecular formula is C23H34O. The van der Waals surface area contributed by atoms with E-state index in [4.69, 9.17) is 0 Å². The van der Waals surface area contributed by atoms with Crippen LogP contribution in [0.3, 0.4) is 0 Å². The van der Waals surface area contributed by atoms with Crippen molar-refractivity contribution in [2.24, 2.45) is 34.5 Å². The van der Waals surface area contributed by atoms with E-state index in [1.165, 1.54) is 44.1 Å². The van der Waals surface area contributed by atoms with Crippen molar-refractivity contribution in [2.45, 2.75) is 78.2 Å². The third-order valence-corrected chi connectivity index (χ3v) is 8.88. The predicted molar refractivity (Wildman–Crippen MR) is 99.5 cm³/mol. The molecule has 132 valence electrons. The normalized spacial score (nSPS) is 50.2. The number of fused-ring (bicyclic) bond motifs is 5. The van der Waals surface area contributed by atoms with Crippen LogP contribution in [-0.4, -0.2) is 11.2 Å². The monoisotopic (exact) mass is 326 g/mol. The van der Waals surface area contributed by atoms with E-state index in [9.17, 15) is 5.11 Å². The van der Waals surface area contributed by atoms with Gasteiger partial charge in [0.05, 0.1) is 6.10 Å². The van der Waals surface area contributed by atoms with Crippen LogP contribution in [0.15, 0.2) is 29.5 Å². The van der Waals surface area contributed by atoms with E-state index in [-0.39, 0.29) is 6.10 Å². The Morgan fingerprint density at radius 3 is 2.71 bits per heavy atom. The SMILES string of the molecule is C=C=C(C)C1CCC2C3CC=C4CC(O)CCC4(C)C3CCC12C. The van der Waals surface area contributed by atoms with E-state index >= 15 is 0 Å². The molecule has 0 aliphatic heterocycles. The first-order valence-corrected chi connectivity index (χ1v) is 10.1. The maximum Gasteiger partial charge on any atom is 0.0577 e. The van der Waals surface area contributed by atoms with E-state index in [1.54, 1.807) is 5.57 Å². The fourth-order valence-corrected chi connectivity index (χ4v) is 7.48. The van der Waals surface area contributed by atoms with E-state index < -0.39 is 0 Å². The van der Waals surface area contributed by atoms with Crippen LogP contribution in [0.2, 0.25) is 0 Å². The zero-order valence-electron chi connectivity index (χ0n) is 15.8. The minimum Gasteiger partial charge on any atom is -0.393 e. The van der Waals surface area contributed by atoms with Gasteiger partial charge in [-0.2, -0.15) is 0 Å². The Kier molecular flexibility index (Phi) is 3.90. The molecule has 1 N–H and O–H groups in total. The van der Waals surface area contributed by atoms with Crippen LogP contribution in [0.4, 0.5) is 0 Å². The van der Waals surface area contributed by atoms with Gasteiger partial charge in [-0.1, -0.05) is 32.1 Å². The number of allylic oxidation sites excluding steroid dienone is 2. The second-order valence-corrected chi connectivity index (χ2v) is 9.69. The van der Waals surface area contributed by atoms with Crippen LogP contribution in [0.1, 0.15) is 72.1 Å². The molecule has 4 aliphatic rings. The average Bonchev–Trinajstić information content (AvgIpc) is 2.92. The van der Waals surface area contributed by atoms with Crippen LogP contribution in [0.5, 0.6) is 0 Å². The fraction of sp³-hybridized carbons (Fsp3) is 0.783. The standard InChI is InChI=1S/C23H34O/c1-5-15(2)19-8-9-20-18-7-6-16-14-17(24)10-12-22(16,3)21(18)11-13-23(19,20)4/h6,17-21,24H,1,7-14H2,2-4H3. The topological polar surface area (TPSA) is 20.2 Å². The highest BCUT2D eigenvalue weighted by Gasteiger charge is 2.58. The minimum absolute atomic E-state index is 0.0917. The molecular weight excluding hydrogens is 292 g/mol. The van der Waals surface area contributed by atoms with Gasteiger partial charge in [0.2, 0.25) is 0 Å². The van der Waals surface area contributed by atoms with Crippen LogP contribution < -0.4 is 0 Å². The molecule has 0 bridgehead atoms. The van der Waals surface area contributed by atoms with Gasteiger partial charge in [0.1, 0.15) is 0 Å². The van der Waals surface area contributed by atoms with Gasteiger partial charge in [-0.3, -0.25) is 0 Å². The van der Waals surface area contributed by atoms with Crippen LogP contribution in [-0.2, 0) is 0 Å². The molecule has 4 aliphatic carbocycles. The van der Waals surface area contributed by atoms with Gasteiger partial charge in [-0.25, -0.2) is 0 Å². The summed E-state index contributed by atoms with van der Waals surface area (Å²) in [5.74, 6) is 3.27. The lowest BCUT2D eigenvalue weighted by Crippen LogP contribution is -2.50. The summed E-state index contributed by atoms with van der Waals surface area (Å²) in [4.78, 5) is 0. The van der Waals surface area contributed by atoms with Crippen molar-refractivity contribution in [3.8, 4) is 0 Å². The Morgan fingerprint density at radius 1 is 1.17 bits per heavy atom. The number of aliphatic hydroxyl groups is 1.